The Morgan fingerprint density at radius 3 is 2.61 bits per heavy atom. The van der Waals surface area contributed by atoms with Gasteiger partial charge in [-0.1, -0.05) is 11.6 Å². The molecule has 162 valence electrons. The molecule has 3 rings (SSSR count). The topological polar surface area (TPSA) is 136 Å². The number of pyridine rings is 1. The lowest BCUT2D eigenvalue weighted by Gasteiger charge is -2.24. The van der Waals surface area contributed by atoms with Crippen LogP contribution in [0.5, 0.6) is 5.88 Å². The Morgan fingerprint density at radius 2 is 1.97 bits per heavy atom. The molecular weight excluding hydrogens is 426 g/mol. The predicted molar refractivity (Wildman–Crippen MR) is 112 cm³/mol. The first-order valence-corrected chi connectivity index (χ1v) is 9.41. The minimum atomic E-state index is -0.588. The number of halogens is 1. The van der Waals surface area contributed by atoms with Crippen LogP contribution in [0.1, 0.15) is 24.3 Å². The van der Waals surface area contributed by atoms with Gasteiger partial charge in [-0.15, -0.1) is 0 Å². The summed E-state index contributed by atoms with van der Waals surface area (Å²) in [6, 6.07) is 4.41. The standard InChI is InChI=1S/C19H20ClN7O4/c1-10(29-2)17(30-3)16-13(9-22-15-6-14(20)26-27(15)16)25-19(28)24-12-5-11(7-21)18(31-4)23-8-12/h5-6,8-10,17H,1-4H3,(H2,24,25,28). The maximum absolute atomic E-state index is 12.7. The van der Waals surface area contributed by atoms with E-state index in [-0.39, 0.29) is 22.7 Å². The van der Waals surface area contributed by atoms with Crippen LogP contribution in [-0.2, 0) is 9.47 Å². The van der Waals surface area contributed by atoms with Gasteiger partial charge in [0.2, 0.25) is 5.88 Å². The Hall–Kier alpha value is -3.46. The average Bonchev–Trinajstić information content (AvgIpc) is 3.15. The van der Waals surface area contributed by atoms with E-state index in [1.54, 1.807) is 13.2 Å². The SMILES string of the molecule is COc1ncc(NC(=O)Nc2cnc3cc(Cl)nn3c2C(OC)C(C)OC)cc1C#N. The zero-order valence-corrected chi connectivity index (χ0v) is 18.0. The lowest BCUT2D eigenvalue weighted by Crippen LogP contribution is -2.26. The van der Waals surface area contributed by atoms with E-state index in [2.05, 4.69) is 25.7 Å². The van der Waals surface area contributed by atoms with Crippen molar-refractivity contribution >= 4 is 34.7 Å². The molecule has 11 nitrogen and oxygen atoms in total. The van der Waals surface area contributed by atoms with Crippen LogP contribution in [0.25, 0.3) is 5.65 Å². The van der Waals surface area contributed by atoms with E-state index in [4.69, 9.17) is 25.8 Å². The quantitative estimate of drug-likeness (QED) is 0.566. The highest BCUT2D eigenvalue weighted by Gasteiger charge is 2.27. The van der Waals surface area contributed by atoms with Gasteiger partial charge in [-0.3, -0.25) is 0 Å². The summed E-state index contributed by atoms with van der Waals surface area (Å²) in [6.45, 7) is 1.82. The zero-order valence-electron chi connectivity index (χ0n) is 17.2. The summed E-state index contributed by atoms with van der Waals surface area (Å²) in [7, 11) is 4.48. The van der Waals surface area contributed by atoms with Crippen LogP contribution < -0.4 is 15.4 Å². The highest BCUT2D eigenvalue weighted by Crippen LogP contribution is 2.30. The summed E-state index contributed by atoms with van der Waals surface area (Å²) in [5, 5.41) is 19.0. The third kappa shape index (κ3) is 4.66. The molecule has 3 aromatic heterocycles. The van der Waals surface area contributed by atoms with Crippen LogP contribution in [-0.4, -0.2) is 53.0 Å². The number of urea groups is 1. The van der Waals surface area contributed by atoms with E-state index in [1.807, 2.05) is 13.0 Å². The van der Waals surface area contributed by atoms with Crippen LogP contribution in [0.2, 0.25) is 5.15 Å². The minimum Gasteiger partial charge on any atom is -0.480 e. The summed E-state index contributed by atoms with van der Waals surface area (Å²) in [6.07, 6.45) is 1.89. The molecule has 2 N–H and O–H groups in total. The summed E-state index contributed by atoms with van der Waals surface area (Å²) in [5.74, 6) is 0.164. The monoisotopic (exact) mass is 445 g/mol. The number of nitrogens with one attached hydrogen (secondary N) is 2. The number of rotatable bonds is 7. The molecule has 3 aromatic rings. The van der Waals surface area contributed by atoms with Crippen LogP contribution in [0, 0.1) is 11.3 Å². The number of amides is 2. The number of aromatic nitrogens is 4. The van der Waals surface area contributed by atoms with E-state index in [0.29, 0.717) is 22.7 Å². The number of nitriles is 1. The molecule has 0 aliphatic carbocycles. The smallest absolute Gasteiger partial charge is 0.323 e. The van der Waals surface area contributed by atoms with Gasteiger partial charge in [-0.05, 0) is 13.0 Å². The van der Waals surface area contributed by atoms with Crippen LogP contribution in [0.15, 0.2) is 24.5 Å². The van der Waals surface area contributed by atoms with Crippen molar-refractivity contribution < 1.29 is 19.0 Å². The number of fused-ring (bicyclic) bond motifs is 1. The number of methoxy groups -OCH3 is 3. The first-order chi connectivity index (χ1) is 14.9. The van der Waals surface area contributed by atoms with Crippen molar-refractivity contribution in [2.24, 2.45) is 0 Å². The van der Waals surface area contributed by atoms with Crippen molar-refractivity contribution in [1.29, 1.82) is 5.26 Å². The van der Waals surface area contributed by atoms with E-state index in [9.17, 15) is 10.1 Å². The minimum absolute atomic E-state index is 0.164. The van der Waals surface area contributed by atoms with Gasteiger partial charge in [-0.2, -0.15) is 10.4 Å². The maximum Gasteiger partial charge on any atom is 0.323 e. The fourth-order valence-electron chi connectivity index (χ4n) is 2.99. The average molecular weight is 446 g/mol. The fraction of sp³-hybridized carbons (Fsp3) is 0.316. The third-order valence-electron chi connectivity index (χ3n) is 4.48. The third-order valence-corrected chi connectivity index (χ3v) is 4.67. The molecule has 0 radical (unpaired) electrons. The van der Waals surface area contributed by atoms with Gasteiger partial charge in [0.05, 0.1) is 37.0 Å². The molecule has 0 saturated heterocycles. The second-order valence-electron chi connectivity index (χ2n) is 6.36. The molecule has 0 aromatic carbocycles. The Labute approximate surface area is 182 Å². The second kappa shape index (κ2) is 9.57. The number of carbonyl (C=O) groups is 1. The number of anilines is 2. The Morgan fingerprint density at radius 1 is 1.19 bits per heavy atom. The summed E-state index contributed by atoms with van der Waals surface area (Å²) in [5.41, 5.74) is 1.80. The zero-order chi connectivity index (χ0) is 22.5. The van der Waals surface area contributed by atoms with E-state index in [0.717, 1.165) is 0 Å². The molecule has 2 amide bonds. The molecule has 0 aliphatic heterocycles. The first kappa shape index (κ1) is 22.2. The largest absolute Gasteiger partial charge is 0.480 e. The van der Waals surface area contributed by atoms with Crippen LogP contribution in [0.4, 0.5) is 16.2 Å². The van der Waals surface area contributed by atoms with Gasteiger partial charge in [-0.25, -0.2) is 19.3 Å². The maximum atomic E-state index is 12.7. The molecule has 31 heavy (non-hydrogen) atoms. The molecule has 2 unspecified atom stereocenters. The molecule has 0 bridgehead atoms. The van der Waals surface area contributed by atoms with Gasteiger partial charge in [0.15, 0.2) is 10.8 Å². The fourth-order valence-corrected chi connectivity index (χ4v) is 3.16. The molecule has 0 aliphatic rings. The molecule has 3 heterocycles. The molecule has 2 atom stereocenters. The van der Waals surface area contributed by atoms with Crippen LogP contribution in [0.3, 0.4) is 0 Å². The second-order valence-corrected chi connectivity index (χ2v) is 6.75. The normalized spacial score (nSPS) is 12.8. The van der Waals surface area contributed by atoms with E-state index < -0.39 is 12.1 Å². The number of carbonyl (C=O) groups excluding carboxylic acids is 1. The molecule has 12 heteroatoms. The van der Waals surface area contributed by atoms with Crippen molar-refractivity contribution in [3.63, 3.8) is 0 Å². The molecular formula is C19H20ClN7O4. The van der Waals surface area contributed by atoms with Crippen molar-refractivity contribution in [3.05, 3.63) is 40.9 Å². The van der Waals surface area contributed by atoms with Crippen molar-refractivity contribution in [2.75, 3.05) is 32.0 Å². The van der Waals surface area contributed by atoms with Crippen molar-refractivity contribution in [2.45, 2.75) is 19.1 Å². The number of nitrogens with zero attached hydrogens (tertiary/aromatic N) is 5. The molecule has 0 spiro atoms. The van der Waals surface area contributed by atoms with E-state index >= 15 is 0 Å². The summed E-state index contributed by atoms with van der Waals surface area (Å²) >= 11 is 6.05. The Balaban J connectivity index is 1.94. The Bertz CT molecular complexity index is 1140. The predicted octanol–water partition coefficient (Wildman–Crippen LogP) is 3.02. The van der Waals surface area contributed by atoms with Gasteiger partial charge >= 0.3 is 6.03 Å². The van der Waals surface area contributed by atoms with Gasteiger partial charge < -0.3 is 24.8 Å². The van der Waals surface area contributed by atoms with E-state index in [1.165, 1.54) is 37.2 Å². The summed E-state index contributed by atoms with van der Waals surface area (Å²) in [4.78, 5) is 20.9. The molecule has 0 saturated carbocycles. The first-order valence-electron chi connectivity index (χ1n) is 9.03. The number of hydrogen-bond donors (Lipinski definition) is 2. The van der Waals surface area contributed by atoms with Crippen molar-refractivity contribution in [1.82, 2.24) is 19.6 Å². The highest BCUT2D eigenvalue weighted by molar-refractivity contribution is 6.29. The summed E-state index contributed by atoms with van der Waals surface area (Å²) < 4.78 is 17.5. The van der Waals surface area contributed by atoms with Gasteiger partial charge in [0.1, 0.15) is 23.4 Å². The highest BCUT2D eigenvalue weighted by atomic mass is 35.5. The number of ether oxygens (including phenoxy) is 3. The van der Waals surface area contributed by atoms with Gasteiger partial charge in [0, 0.05) is 20.3 Å². The lowest BCUT2D eigenvalue weighted by atomic mass is 10.1. The lowest BCUT2D eigenvalue weighted by molar-refractivity contribution is -0.0305. The van der Waals surface area contributed by atoms with Crippen molar-refractivity contribution in [3.8, 4) is 11.9 Å². The van der Waals surface area contributed by atoms with Crippen LogP contribution >= 0.6 is 11.6 Å². The number of hydrogen-bond acceptors (Lipinski definition) is 8. The molecule has 0 fully saturated rings. The Kier molecular flexibility index (Phi) is 6.86. The van der Waals surface area contributed by atoms with Gasteiger partial charge in [0.25, 0.3) is 0 Å².